The van der Waals surface area contributed by atoms with Gasteiger partial charge in [0.1, 0.15) is 25.4 Å². The number of phosphoric ester groups is 2. The standard InChI is InChI=1S/C73H126O16P2/c1-4-7-10-13-16-19-22-24-26-28-30-32-33-35-37-38-40-42-45-47-50-53-56-59-71(76)83-62-68(74)63-85-90(79,80)86-64-69(75)65-87-91(81,82)88-67-70(89-73(78)61-58-55-52-49-44-21-18-15-12-9-6-3)66-84-72(77)60-57-54-51-48-46-43-41-39-36-34-31-29-27-25-23-20-17-14-11-8-5-2/h8,11,16-17,19-20,24-27,30-32,34-35,37,39,41,68-70,74-75H,4-7,9-10,12-15,18,21-23,28-29,33,36,38,40,42-67H2,1-3H3,(H,79,80)(H,81,82)/b11-8-,19-16-,20-17-,26-24-,27-25-,32-30-,34-31-,37-35-,41-39-. The topological polar surface area (TPSA) is 231 Å². The molecule has 0 aromatic carbocycles. The molecule has 0 aromatic heterocycles. The van der Waals surface area contributed by atoms with Crippen molar-refractivity contribution >= 4 is 33.6 Å². The number of phosphoric acid groups is 2. The zero-order valence-electron chi connectivity index (χ0n) is 56.7. The van der Waals surface area contributed by atoms with Crippen LogP contribution in [0.5, 0.6) is 0 Å². The van der Waals surface area contributed by atoms with Crippen LogP contribution in [0.15, 0.2) is 109 Å². The van der Waals surface area contributed by atoms with Gasteiger partial charge in [-0.05, 0) is 109 Å². The number of ether oxygens (including phenoxy) is 3. The average molecular weight is 1320 g/mol. The first-order chi connectivity index (χ1) is 44.2. The molecule has 16 nitrogen and oxygen atoms in total. The highest BCUT2D eigenvalue weighted by molar-refractivity contribution is 7.47. The minimum Gasteiger partial charge on any atom is -0.463 e. The van der Waals surface area contributed by atoms with Gasteiger partial charge in [0.2, 0.25) is 0 Å². The highest BCUT2D eigenvalue weighted by Gasteiger charge is 2.29. The van der Waals surface area contributed by atoms with E-state index < -0.39 is 91.5 Å². The zero-order chi connectivity index (χ0) is 66.7. The Hall–Kier alpha value is -3.79. The summed E-state index contributed by atoms with van der Waals surface area (Å²) >= 11 is 0. The molecular formula is C73H126O16P2. The molecule has 0 saturated heterocycles. The summed E-state index contributed by atoms with van der Waals surface area (Å²) in [5.41, 5.74) is 0. The molecule has 0 spiro atoms. The number of aliphatic hydroxyl groups excluding tert-OH is 2. The van der Waals surface area contributed by atoms with E-state index >= 15 is 0 Å². The van der Waals surface area contributed by atoms with Crippen LogP contribution in [0.3, 0.4) is 0 Å². The normalized spacial score (nSPS) is 14.8. The minimum absolute atomic E-state index is 0.100. The maximum absolute atomic E-state index is 12.9. The molecule has 18 heteroatoms. The lowest BCUT2D eigenvalue weighted by Crippen LogP contribution is -2.30. The van der Waals surface area contributed by atoms with Crippen LogP contribution >= 0.6 is 15.6 Å². The molecule has 0 aliphatic rings. The van der Waals surface area contributed by atoms with Crippen LogP contribution in [0.25, 0.3) is 0 Å². The number of unbranched alkanes of at least 4 members (excludes halogenated alkanes) is 25. The van der Waals surface area contributed by atoms with Gasteiger partial charge in [-0.2, -0.15) is 0 Å². The summed E-state index contributed by atoms with van der Waals surface area (Å²) in [5, 5.41) is 20.5. The van der Waals surface area contributed by atoms with Gasteiger partial charge in [0.25, 0.3) is 0 Å². The maximum atomic E-state index is 12.9. The fourth-order valence-electron chi connectivity index (χ4n) is 9.11. The molecular weight excluding hydrogens is 1190 g/mol. The number of hydrogen-bond acceptors (Lipinski definition) is 14. The largest absolute Gasteiger partial charge is 0.472 e. The van der Waals surface area contributed by atoms with Crippen molar-refractivity contribution in [2.75, 3.05) is 39.6 Å². The van der Waals surface area contributed by atoms with Gasteiger partial charge in [-0.1, -0.05) is 259 Å². The highest BCUT2D eigenvalue weighted by atomic mass is 31.2. The van der Waals surface area contributed by atoms with Crippen LogP contribution in [0, 0.1) is 0 Å². The van der Waals surface area contributed by atoms with Gasteiger partial charge in [0.15, 0.2) is 6.10 Å². The summed E-state index contributed by atoms with van der Waals surface area (Å²) < 4.78 is 60.9. The van der Waals surface area contributed by atoms with Gasteiger partial charge in [-0.3, -0.25) is 32.5 Å². The number of hydrogen-bond donors (Lipinski definition) is 4. The summed E-state index contributed by atoms with van der Waals surface area (Å²) in [6.45, 7) is 2.48. The Bertz CT molecular complexity index is 2100. The van der Waals surface area contributed by atoms with Crippen molar-refractivity contribution < 1.29 is 75.8 Å². The number of carbonyl (C=O) groups is 3. The lowest BCUT2D eigenvalue weighted by molar-refractivity contribution is -0.161. The lowest BCUT2D eigenvalue weighted by atomic mass is 10.1. The van der Waals surface area contributed by atoms with E-state index in [1.165, 1.54) is 64.2 Å². The summed E-state index contributed by atoms with van der Waals surface area (Å²) in [5.74, 6) is -1.60. The second-order valence-electron chi connectivity index (χ2n) is 23.3. The zero-order valence-corrected chi connectivity index (χ0v) is 58.5. The fourth-order valence-corrected chi connectivity index (χ4v) is 10.7. The summed E-state index contributed by atoms with van der Waals surface area (Å²) in [7, 11) is -9.78. The number of carbonyl (C=O) groups excluding carboxylic acids is 3. The van der Waals surface area contributed by atoms with Crippen molar-refractivity contribution in [3.05, 3.63) is 109 Å². The monoisotopic (exact) mass is 1320 g/mol. The second-order valence-corrected chi connectivity index (χ2v) is 26.2. The Morgan fingerprint density at radius 1 is 0.319 bits per heavy atom. The first-order valence-corrected chi connectivity index (χ1v) is 38.2. The molecule has 0 heterocycles. The van der Waals surface area contributed by atoms with Gasteiger partial charge in [0.05, 0.1) is 26.4 Å². The third kappa shape index (κ3) is 67.4. The molecule has 0 bridgehead atoms. The van der Waals surface area contributed by atoms with Crippen molar-refractivity contribution in [1.82, 2.24) is 0 Å². The van der Waals surface area contributed by atoms with Crippen LogP contribution in [0.2, 0.25) is 0 Å². The van der Waals surface area contributed by atoms with Gasteiger partial charge in [-0.15, -0.1) is 0 Å². The highest BCUT2D eigenvalue weighted by Crippen LogP contribution is 2.45. The first kappa shape index (κ1) is 87.2. The molecule has 0 amide bonds. The van der Waals surface area contributed by atoms with Crippen molar-refractivity contribution in [2.45, 2.75) is 296 Å². The van der Waals surface area contributed by atoms with Crippen LogP contribution in [-0.4, -0.2) is 95.9 Å². The predicted molar refractivity (Wildman–Crippen MR) is 371 cm³/mol. The van der Waals surface area contributed by atoms with Crippen LogP contribution < -0.4 is 0 Å². The molecule has 91 heavy (non-hydrogen) atoms. The Balaban J connectivity index is 4.58. The molecule has 0 aliphatic heterocycles. The van der Waals surface area contributed by atoms with Crippen LogP contribution in [0.4, 0.5) is 0 Å². The Kier molecular flexibility index (Phi) is 63.5. The molecule has 0 aliphatic carbocycles. The van der Waals surface area contributed by atoms with E-state index in [4.69, 9.17) is 32.3 Å². The van der Waals surface area contributed by atoms with E-state index in [9.17, 15) is 43.5 Å². The molecule has 5 atom stereocenters. The van der Waals surface area contributed by atoms with Crippen molar-refractivity contribution in [2.24, 2.45) is 0 Å². The lowest BCUT2D eigenvalue weighted by Gasteiger charge is -2.21. The molecule has 5 unspecified atom stereocenters. The molecule has 0 radical (unpaired) electrons. The van der Waals surface area contributed by atoms with E-state index in [1.807, 2.05) is 0 Å². The molecule has 0 rings (SSSR count). The van der Waals surface area contributed by atoms with Gasteiger partial charge >= 0.3 is 33.6 Å². The first-order valence-electron chi connectivity index (χ1n) is 35.2. The third-order valence-corrected chi connectivity index (χ3v) is 16.4. The third-order valence-electron chi connectivity index (χ3n) is 14.5. The second kappa shape index (κ2) is 66.2. The van der Waals surface area contributed by atoms with Crippen molar-refractivity contribution in [1.29, 1.82) is 0 Å². The molecule has 0 saturated carbocycles. The summed E-state index contributed by atoms with van der Waals surface area (Å²) in [4.78, 5) is 58.4. The molecule has 0 fully saturated rings. The van der Waals surface area contributed by atoms with Gasteiger partial charge in [0, 0.05) is 19.3 Å². The Morgan fingerprint density at radius 3 is 0.945 bits per heavy atom. The summed E-state index contributed by atoms with van der Waals surface area (Å²) in [6, 6.07) is 0. The number of rotatable bonds is 66. The molecule has 0 aromatic rings. The van der Waals surface area contributed by atoms with Crippen LogP contribution in [-0.2, 0) is 55.8 Å². The molecule has 4 N–H and O–H groups in total. The number of esters is 3. The van der Waals surface area contributed by atoms with E-state index in [2.05, 4.69) is 130 Å². The van der Waals surface area contributed by atoms with Gasteiger partial charge in [-0.25, -0.2) is 9.13 Å². The average Bonchev–Trinajstić information content (AvgIpc) is 3.66. The minimum atomic E-state index is -4.93. The predicted octanol–water partition coefficient (Wildman–Crippen LogP) is 19.6. The van der Waals surface area contributed by atoms with Crippen molar-refractivity contribution in [3.63, 3.8) is 0 Å². The van der Waals surface area contributed by atoms with Gasteiger partial charge < -0.3 is 34.2 Å². The van der Waals surface area contributed by atoms with E-state index in [0.29, 0.717) is 19.3 Å². The quantitative estimate of drug-likeness (QED) is 0.0146. The maximum Gasteiger partial charge on any atom is 0.472 e. The smallest absolute Gasteiger partial charge is 0.463 e. The Morgan fingerprint density at radius 2 is 0.582 bits per heavy atom. The van der Waals surface area contributed by atoms with Crippen molar-refractivity contribution in [3.8, 4) is 0 Å². The Labute approximate surface area is 551 Å². The molecule has 524 valence electrons. The fraction of sp³-hybridized carbons (Fsp3) is 0.712. The number of allylic oxidation sites excluding steroid dienone is 18. The van der Waals surface area contributed by atoms with E-state index in [0.717, 1.165) is 154 Å². The van der Waals surface area contributed by atoms with Crippen LogP contribution in [0.1, 0.15) is 278 Å². The SMILES string of the molecule is CC/C=C\C/C=C\C/C=C\C/C=C\C/C=C\CCCCCCCC(=O)OCC(COP(=O)(O)OCC(O)COP(=O)(O)OCC(O)COC(=O)CCCCCCCCC/C=C\C/C=C\C/C=C\C/C=C\CCCCC)OC(=O)CCCCCCCCCCCCC. The van der Waals surface area contributed by atoms with E-state index in [1.54, 1.807) is 0 Å². The number of aliphatic hydroxyl groups is 2. The van der Waals surface area contributed by atoms with E-state index in [-0.39, 0.29) is 19.3 Å². The summed E-state index contributed by atoms with van der Waals surface area (Å²) in [6.07, 6.45) is 74.3.